The van der Waals surface area contributed by atoms with Crippen molar-refractivity contribution < 1.29 is 9.47 Å². The van der Waals surface area contributed by atoms with Crippen LogP contribution >= 0.6 is 0 Å². The molecule has 1 fully saturated rings. The highest BCUT2D eigenvalue weighted by Gasteiger charge is 2.19. The molecule has 0 saturated heterocycles. The van der Waals surface area contributed by atoms with E-state index in [4.69, 9.17) is 9.47 Å². The lowest BCUT2D eigenvalue weighted by molar-refractivity contribution is 0.342. The van der Waals surface area contributed by atoms with Crippen molar-refractivity contribution in [3.05, 3.63) is 59.3 Å². The molecular weight excluding hydrogens is 286 g/mol. The van der Waals surface area contributed by atoms with Crippen molar-refractivity contribution in [3.63, 3.8) is 0 Å². The average Bonchev–Trinajstić information content (AvgIpc) is 2.63. The molecule has 0 radical (unpaired) electrons. The normalized spacial score (nSPS) is 17.7. The Balaban J connectivity index is 1.74. The van der Waals surface area contributed by atoms with Gasteiger partial charge >= 0.3 is 0 Å². The number of hydrogen-bond acceptors (Lipinski definition) is 3. The Labute approximate surface area is 138 Å². The average molecular weight is 309 g/mol. The Morgan fingerprint density at radius 2 is 1.74 bits per heavy atom. The Kier molecular flexibility index (Phi) is 4.96. The van der Waals surface area contributed by atoms with E-state index in [0.29, 0.717) is 17.5 Å². The molecule has 0 amide bonds. The SMILES string of the molecule is COc1nccc(C=C2CCC(c3ccccc3)CC2)c1OC. The molecule has 0 atom stereocenters. The standard InChI is InChI=1S/C20H23NO2/c1-22-19-18(12-13-21-20(19)23-2)14-15-8-10-17(11-9-15)16-6-4-3-5-7-16/h3-7,12-14,17H,8-11H2,1-2H3. The number of hydrogen-bond donors (Lipinski definition) is 0. The maximum atomic E-state index is 5.47. The van der Waals surface area contributed by atoms with Gasteiger partial charge in [-0.15, -0.1) is 0 Å². The molecule has 0 aliphatic heterocycles. The number of nitrogens with zero attached hydrogens (tertiary/aromatic N) is 1. The molecule has 0 unspecified atom stereocenters. The lowest BCUT2D eigenvalue weighted by Crippen LogP contribution is -2.06. The first kappa shape index (κ1) is 15.6. The van der Waals surface area contributed by atoms with Crippen LogP contribution in [0.3, 0.4) is 0 Å². The van der Waals surface area contributed by atoms with Crippen LogP contribution in [0.15, 0.2) is 48.2 Å². The van der Waals surface area contributed by atoms with E-state index in [1.165, 1.54) is 24.0 Å². The molecule has 0 bridgehead atoms. The lowest BCUT2D eigenvalue weighted by atomic mass is 9.81. The molecule has 23 heavy (non-hydrogen) atoms. The summed E-state index contributed by atoms with van der Waals surface area (Å²) in [6.07, 6.45) is 8.69. The fourth-order valence-electron chi connectivity index (χ4n) is 3.32. The molecule has 1 aliphatic carbocycles. The summed E-state index contributed by atoms with van der Waals surface area (Å²) in [5.41, 5.74) is 3.99. The van der Waals surface area contributed by atoms with Gasteiger partial charge in [-0.3, -0.25) is 0 Å². The maximum absolute atomic E-state index is 5.47. The van der Waals surface area contributed by atoms with Crippen LogP contribution in [0.4, 0.5) is 0 Å². The van der Waals surface area contributed by atoms with E-state index in [1.807, 2.05) is 6.07 Å². The number of rotatable bonds is 4. The number of benzene rings is 1. The monoisotopic (exact) mass is 309 g/mol. The van der Waals surface area contributed by atoms with Gasteiger partial charge in [0.2, 0.25) is 0 Å². The van der Waals surface area contributed by atoms with E-state index < -0.39 is 0 Å². The van der Waals surface area contributed by atoms with Gasteiger partial charge in [-0.1, -0.05) is 42.0 Å². The van der Waals surface area contributed by atoms with Crippen LogP contribution < -0.4 is 9.47 Å². The fourth-order valence-corrected chi connectivity index (χ4v) is 3.32. The van der Waals surface area contributed by atoms with Gasteiger partial charge in [0, 0.05) is 11.8 Å². The van der Waals surface area contributed by atoms with Gasteiger partial charge in [-0.25, -0.2) is 4.98 Å². The Hall–Kier alpha value is -2.29. The van der Waals surface area contributed by atoms with Crippen molar-refractivity contribution in [2.45, 2.75) is 31.6 Å². The summed E-state index contributed by atoms with van der Waals surface area (Å²) in [5.74, 6) is 1.94. The van der Waals surface area contributed by atoms with E-state index in [0.717, 1.165) is 18.4 Å². The van der Waals surface area contributed by atoms with Crippen LogP contribution in [0.2, 0.25) is 0 Å². The summed E-state index contributed by atoms with van der Waals surface area (Å²) in [7, 11) is 3.28. The minimum Gasteiger partial charge on any atom is -0.491 e. The van der Waals surface area contributed by atoms with E-state index >= 15 is 0 Å². The van der Waals surface area contributed by atoms with Crippen molar-refractivity contribution >= 4 is 6.08 Å². The number of pyridine rings is 1. The molecule has 0 spiro atoms. The first-order valence-corrected chi connectivity index (χ1v) is 8.13. The van der Waals surface area contributed by atoms with Crippen LogP contribution in [0.1, 0.15) is 42.7 Å². The molecule has 1 aliphatic rings. The Morgan fingerprint density at radius 1 is 1.00 bits per heavy atom. The molecule has 1 heterocycles. The Bertz CT molecular complexity index is 669. The molecule has 3 heteroatoms. The van der Waals surface area contributed by atoms with Gasteiger partial charge in [0.25, 0.3) is 5.88 Å². The number of methoxy groups -OCH3 is 2. The maximum Gasteiger partial charge on any atom is 0.257 e. The topological polar surface area (TPSA) is 31.4 Å². The van der Waals surface area contributed by atoms with Gasteiger partial charge < -0.3 is 9.47 Å². The zero-order valence-electron chi connectivity index (χ0n) is 13.8. The lowest BCUT2D eigenvalue weighted by Gasteiger charge is -2.24. The number of allylic oxidation sites excluding steroid dienone is 1. The molecular formula is C20H23NO2. The molecule has 3 nitrogen and oxygen atoms in total. The summed E-state index contributed by atoms with van der Waals surface area (Å²) >= 11 is 0. The predicted molar refractivity (Wildman–Crippen MR) is 93.0 cm³/mol. The highest BCUT2D eigenvalue weighted by molar-refractivity contribution is 5.62. The molecule has 2 aromatic rings. The van der Waals surface area contributed by atoms with Crippen molar-refractivity contribution in [1.29, 1.82) is 0 Å². The van der Waals surface area contributed by atoms with Crippen LogP contribution in [-0.2, 0) is 0 Å². The van der Waals surface area contributed by atoms with Crippen molar-refractivity contribution in [1.82, 2.24) is 4.98 Å². The van der Waals surface area contributed by atoms with Crippen LogP contribution in [0, 0.1) is 0 Å². The largest absolute Gasteiger partial charge is 0.491 e. The van der Waals surface area contributed by atoms with Gasteiger partial charge in [0.1, 0.15) is 0 Å². The number of aromatic nitrogens is 1. The minimum absolute atomic E-state index is 0.542. The summed E-state index contributed by atoms with van der Waals surface area (Å²) in [6.45, 7) is 0. The van der Waals surface area contributed by atoms with Gasteiger partial charge in [0.05, 0.1) is 14.2 Å². The van der Waals surface area contributed by atoms with Crippen LogP contribution in [-0.4, -0.2) is 19.2 Å². The smallest absolute Gasteiger partial charge is 0.257 e. The fraction of sp³-hybridized carbons (Fsp3) is 0.350. The zero-order valence-corrected chi connectivity index (χ0v) is 13.8. The first-order valence-electron chi connectivity index (χ1n) is 8.13. The third-order valence-electron chi connectivity index (χ3n) is 4.56. The van der Waals surface area contributed by atoms with Gasteiger partial charge in [-0.05, 0) is 43.2 Å². The minimum atomic E-state index is 0.542. The van der Waals surface area contributed by atoms with Crippen LogP contribution in [0.25, 0.3) is 6.08 Å². The summed E-state index contributed by atoms with van der Waals surface area (Å²) in [6, 6.07) is 12.8. The highest BCUT2D eigenvalue weighted by Crippen LogP contribution is 2.37. The predicted octanol–water partition coefficient (Wildman–Crippen LogP) is 4.84. The van der Waals surface area contributed by atoms with Crippen molar-refractivity contribution in [2.75, 3.05) is 14.2 Å². The summed E-state index contributed by atoms with van der Waals surface area (Å²) in [5, 5.41) is 0. The molecule has 0 N–H and O–H groups in total. The number of ether oxygens (including phenoxy) is 2. The van der Waals surface area contributed by atoms with Crippen molar-refractivity contribution in [2.24, 2.45) is 0 Å². The second-order valence-corrected chi connectivity index (χ2v) is 5.93. The highest BCUT2D eigenvalue weighted by atomic mass is 16.5. The van der Waals surface area contributed by atoms with E-state index in [1.54, 1.807) is 20.4 Å². The third kappa shape index (κ3) is 3.55. The van der Waals surface area contributed by atoms with E-state index in [9.17, 15) is 0 Å². The van der Waals surface area contributed by atoms with Gasteiger partial charge in [0.15, 0.2) is 5.75 Å². The Morgan fingerprint density at radius 3 is 2.39 bits per heavy atom. The van der Waals surface area contributed by atoms with Crippen molar-refractivity contribution in [3.8, 4) is 11.6 Å². The second-order valence-electron chi connectivity index (χ2n) is 5.93. The van der Waals surface area contributed by atoms with Crippen LogP contribution in [0.5, 0.6) is 11.6 Å². The summed E-state index contributed by atoms with van der Waals surface area (Å²) < 4.78 is 10.7. The third-order valence-corrected chi connectivity index (χ3v) is 4.56. The molecule has 3 rings (SSSR count). The van der Waals surface area contributed by atoms with Gasteiger partial charge in [-0.2, -0.15) is 0 Å². The quantitative estimate of drug-likeness (QED) is 0.810. The first-order chi connectivity index (χ1) is 11.3. The molecule has 1 aromatic carbocycles. The molecule has 1 saturated carbocycles. The molecule has 1 aromatic heterocycles. The second kappa shape index (κ2) is 7.32. The van der Waals surface area contributed by atoms with E-state index in [2.05, 4.69) is 41.4 Å². The molecule has 120 valence electrons. The zero-order chi connectivity index (χ0) is 16.1. The van der Waals surface area contributed by atoms with E-state index in [-0.39, 0.29) is 0 Å². The summed E-state index contributed by atoms with van der Waals surface area (Å²) in [4.78, 5) is 4.20.